The summed E-state index contributed by atoms with van der Waals surface area (Å²) in [6.45, 7) is 15.1. The molecule has 4 nitrogen and oxygen atoms in total. The van der Waals surface area contributed by atoms with E-state index >= 15 is 0 Å². The molecule has 1 aliphatic heterocycles. The Labute approximate surface area is 118 Å². The Hall–Kier alpha value is -0.160. The van der Waals surface area contributed by atoms with Crippen LogP contribution in [-0.4, -0.2) is 61.0 Å². The van der Waals surface area contributed by atoms with Gasteiger partial charge in [-0.05, 0) is 31.8 Å². The highest BCUT2D eigenvalue weighted by molar-refractivity contribution is 4.83. The predicted octanol–water partition coefficient (Wildman–Crippen LogP) is 1.48. The van der Waals surface area contributed by atoms with E-state index in [9.17, 15) is 5.11 Å². The van der Waals surface area contributed by atoms with Crippen molar-refractivity contribution in [2.45, 2.75) is 59.3 Å². The minimum absolute atomic E-state index is 0.0176. The molecule has 0 aromatic rings. The number of nitrogens with zero attached hydrogens (tertiary/aromatic N) is 1. The maximum Gasteiger partial charge on any atom is 0.0936 e. The Morgan fingerprint density at radius 1 is 1.37 bits per heavy atom. The van der Waals surface area contributed by atoms with Crippen molar-refractivity contribution in [3.8, 4) is 0 Å². The number of aliphatic hydroxyl groups is 1. The summed E-state index contributed by atoms with van der Waals surface area (Å²) in [6.07, 6.45) is 1.34. The van der Waals surface area contributed by atoms with Crippen LogP contribution in [0.25, 0.3) is 0 Å². The van der Waals surface area contributed by atoms with E-state index in [4.69, 9.17) is 4.74 Å². The zero-order valence-corrected chi connectivity index (χ0v) is 13.3. The van der Waals surface area contributed by atoms with Crippen molar-refractivity contribution in [2.24, 2.45) is 5.41 Å². The van der Waals surface area contributed by atoms with Crippen LogP contribution >= 0.6 is 0 Å². The van der Waals surface area contributed by atoms with Gasteiger partial charge in [-0.3, -0.25) is 4.90 Å². The fraction of sp³-hybridized carbons (Fsp3) is 1.00. The molecule has 1 fully saturated rings. The van der Waals surface area contributed by atoms with Gasteiger partial charge in [0.05, 0.1) is 18.8 Å². The zero-order valence-electron chi connectivity index (χ0n) is 13.3. The minimum atomic E-state index is -0.0176. The van der Waals surface area contributed by atoms with Gasteiger partial charge in [-0.2, -0.15) is 0 Å². The standard InChI is InChI=1S/C15H32N2O2/c1-6-16-14(15(3,4)5)7-8-17-9-12(2)19-13(10-17)11-18/h12-14,16,18H,6-11H2,1-5H3. The molecule has 4 heteroatoms. The molecule has 2 N–H and O–H groups in total. The molecule has 0 aromatic carbocycles. The average Bonchev–Trinajstić information content (AvgIpc) is 2.32. The van der Waals surface area contributed by atoms with E-state index in [1.54, 1.807) is 0 Å². The molecular weight excluding hydrogens is 240 g/mol. The molecule has 0 radical (unpaired) electrons. The van der Waals surface area contributed by atoms with Gasteiger partial charge in [0.15, 0.2) is 0 Å². The van der Waals surface area contributed by atoms with Gasteiger partial charge in [0, 0.05) is 19.1 Å². The lowest BCUT2D eigenvalue weighted by atomic mass is 9.84. The first-order valence-electron chi connectivity index (χ1n) is 7.58. The molecule has 19 heavy (non-hydrogen) atoms. The number of nitrogens with one attached hydrogen (secondary N) is 1. The van der Waals surface area contributed by atoms with Crippen molar-refractivity contribution in [2.75, 3.05) is 32.8 Å². The Morgan fingerprint density at radius 2 is 2.05 bits per heavy atom. The third kappa shape index (κ3) is 5.78. The Balaban J connectivity index is 2.45. The highest BCUT2D eigenvalue weighted by Gasteiger charge is 2.27. The highest BCUT2D eigenvalue weighted by Crippen LogP contribution is 2.22. The first-order valence-corrected chi connectivity index (χ1v) is 7.58. The first kappa shape index (κ1) is 16.9. The third-order valence-electron chi connectivity index (χ3n) is 3.84. The summed E-state index contributed by atoms with van der Waals surface area (Å²) in [4.78, 5) is 2.42. The lowest BCUT2D eigenvalue weighted by Crippen LogP contribution is -2.50. The van der Waals surface area contributed by atoms with Gasteiger partial charge in [-0.25, -0.2) is 0 Å². The molecule has 0 bridgehead atoms. The molecule has 3 unspecified atom stereocenters. The van der Waals surface area contributed by atoms with Crippen molar-refractivity contribution in [3.05, 3.63) is 0 Å². The predicted molar refractivity (Wildman–Crippen MR) is 79.4 cm³/mol. The van der Waals surface area contributed by atoms with Crippen molar-refractivity contribution in [3.63, 3.8) is 0 Å². The lowest BCUT2D eigenvalue weighted by Gasteiger charge is -2.38. The van der Waals surface area contributed by atoms with Gasteiger partial charge < -0.3 is 15.2 Å². The topological polar surface area (TPSA) is 44.7 Å². The van der Waals surface area contributed by atoms with Gasteiger partial charge in [0.1, 0.15) is 0 Å². The molecule has 1 heterocycles. The Morgan fingerprint density at radius 3 is 2.58 bits per heavy atom. The fourth-order valence-corrected chi connectivity index (χ4v) is 2.82. The molecule has 0 aromatic heterocycles. The number of hydrogen-bond acceptors (Lipinski definition) is 4. The van der Waals surface area contributed by atoms with E-state index < -0.39 is 0 Å². The minimum Gasteiger partial charge on any atom is -0.394 e. The number of rotatable bonds is 6. The first-order chi connectivity index (χ1) is 8.86. The maximum atomic E-state index is 9.25. The lowest BCUT2D eigenvalue weighted by molar-refractivity contribution is -0.0959. The molecular formula is C15H32N2O2. The normalized spacial score (nSPS) is 27.5. The van der Waals surface area contributed by atoms with Crippen LogP contribution in [-0.2, 0) is 4.74 Å². The van der Waals surface area contributed by atoms with E-state index in [0.717, 1.165) is 32.6 Å². The maximum absolute atomic E-state index is 9.25. The molecule has 1 saturated heterocycles. The molecule has 0 spiro atoms. The third-order valence-corrected chi connectivity index (χ3v) is 3.84. The smallest absolute Gasteiger partial charge is 0.0936 e. The molecule has 3 atom stereocenters. The Bertz CT molecular complexity index is 253. The van der Waals surface area contributed by atoms with Crippen LogP contribution < -0.4 is 5.32 Å². The van der Waals surface area contributed by atoms with E-state index in [-0.39, 0.29) is 24.2 Å². The van der Waals surface area contributed by atoms with Crippen LogP contribution in [0.4, 0.5) is 0 Å². The van der Waals surface area contributed by atoms with Gasteiger partial charge in [-0.1, -0.05) is 27.7 Å². The molecule has 1 aliphatic rings. The van der Waals surface area contributed by atoms with E-state index in [0.29, 0.717) is 6.04 Å². The van der Waals surface area contributed by atoms with Crippen LogP contribution in [0.5, 0.6) is 0 Å². The van der Waals surface area contributed by atoms with Crippen molar-refractivity contribution in [1.29, 1.82) is 0 Å². The molecule has 0 aliphatic carbocycles. The molecule has 0 amide bonds. The molecule has 1 rings (SSSR count). The quantitative estimate of drug-likeness (QED) is 0.769. The van der Waals surface area contributed by atoms with Crippen LogP contribution in [0.15, 0.2) is 0 Å². The van der Waals surface area contributed by atoms with Crippen molar-refractivity contribution in [1.82, 2.24) is 10.2 Å². The van der Waals surface area contributed by atoms with Gasteiger partial charge in [0.25, 0.3) is 0 Å². The molecule has 0 saturated carbocycles. The van der Waals surface area contributed by atoms with Crippen LogP contribution in [0, 0.1) is 5.41 Å². The summed E-state index contributed by atoms with van der Waals surface area (Å²) in [5.74, 6) is 0. The second kappa shape index (κ2) is 7.58. The van der Waals surface area contributed by atoms with Crippen LogP contribution in [0.2, 0.25) is 0 Å². The van der Waals surface area contributed by atoms with E-state index in [1.807, 2.05) is 0 Å². The number of ether oxygens (including phenoxy) is 1. The average molecular weight is 272 g/mol. The summed E-state index contributed by atoms with van der Waals surface area (Å²) in [5, 5.41) is 12.8. The van der Waals surface area contributed by atoms with Gasteiger partial charge >= 0.3 is 0 Å². The van der Waals surface area contributed by atoms with Crippen LogP contribution in [0.3, 0.4) is 0 Å². The van der Waals surface area contributed by atoms with Crippen LogP contribution in [0.1, 0.15) is 41.0 Å². The second-order valence-corrected chi connectivity index (χ2v) is 6.78. The summed E-state index contributed by atoms with van der Waals surface area (Å²) in [7, 11) is 0. The summed E-state index contributed by atoms with van der Waals surface area (Å²) in [6, 6.07) is 0.531. The van der Waals surface area contributed by atoms with E-state index in [2.05, 4.69) is 44.8 Å². The largest absolute Gasteiger partial charge is 0.394 e. The SMILES string of the molecule is CCNC(CCN1CC(C)OC(CO)C1)C(C)(C)C. The summed E-state index contributed by atoms with van der Waals surface area (Å²) in [5.41, 5.74) is 0.282. The van der Waals surface area contributed by atoms with Gasteiger partial charge in [-0.15, -0.1) is 0 Å². The van der Waals surface area contributed by atoms with Crippen molar-refractivity contribution >= 4 is 0 Å². The summed E-state index contributed by atoms with van der Waals surface area (Å²) < 4.78 is 5.68. The number of morpholine rings is 1. The van der Waals surface area contributed by atoms with Gasteiger partial charge in [0.2, 0.25) is 0 Å². The fourth-order valence-electron chi connectivity index (χ4n) is 2.82. The Kier molecular flexibility index (Phi) is 6.74. The number of aliphatic hydroxyl groups excluding tert-OH is 1. The highest BCUT2D eigenvalue weighted by atomic mass is 16.5. The monoisotopic (exact) mass is 272 g/mol. The summed E-state index contributed by atoms with van der Waals surface area (Å²) >= 11 is 0. The zero-order chi connectivity index (χ0) is 14.5. The molecule has 114 valence electrons. The second-order valence-electron chi connectivity index (χ2n) is 6.78. The van der Waals surface area contributed by atoms with Crippen molar-refractivity contribution < 1.29 is 9.84 Å². The van der Waals surface area contributed by atoms with E-state index in [1.165, 1.54) is 0 Å². The number of hydrogen-bond donors (Lipinski definition) is 2.